The Morgan fingerprint density at radius 3 is 2.48 bits per heavy atom. The summed E-state index contributed by atoms with van der Waals surface area (Å²) < 4.78 is 5.55. The topological polar surface area (TPSA) is 61.8 Å². The summed E-state index contributed by atoms with van der Waals surface area (Å²) in [6.45, 7) is 14.3. The van der Waals surface area contributed by atoms with Crippen LogP contribution in [0.4, 0.5) is 0 Å². The largest absolute Gasteiger partial charge is 0.379 e. The van der Waals surface area contributed by atoms with Gasteiger partial charge in [-0.15, -0.1) is 11.3 Å². The molecule has 0 aliphatic carbocycles. The van der Waals surface area contributed by atoms with E-state index in [1.165, 1.54) is 22.7 Å². The molecule has 2 rings (SSSR count). The Hall–Kier alpha value is -1.18. The van der Waals surface area contributed by atoms with Gasteiger partial charge in [0.25, 0.3) is 0 Å². The number of aliphatic imine (C=N–C) groups is 1. The Balaban J connectivity index is 1.84. The van der Waals surface area contributed by atoms with E-state index in [1.54, 1.807) is 11.3 Å². The Morgan fingerprint density at radius 2 is 1.93 bits per heavy atom. The average molecular weight is 396 g/mol. The molecule has 1 atom stereocenters. The highest BCUT2D eigenvalue weighted by Gasteiger charge is 2.26. The summed E-state index contributed by atoms with van der Waals surface area (Å²) >= 11 is 1.79. The predicted octanol–water partition coefficient (Wildman–Crippen LogP) is 2.60. The molecular formula is C20H37N5OS. The Bertz CT molecular complexity index is 559. The number of aryl methyl sites for hydroxylation is 2. The van der Waals surface area contributed by atoms with E-state index in [4.69, 9.17) is 4.74 Å². The van der Waals surface area contributed by atoms with Crippen LogP contribution in [0.5, 0.6) is 0 Å². The highest BCUT2D eigenvalue weighted by atomic mass is 32.1. The summed E-state index contributed by atoms with van der Waals surface area (Å²) in [4.78, 5) is 12.9. The van der Waals surface area contributed by atoms with Crippen molar-refractivity contribution in [3.63, 3.8) is 0 Å². The molecule has 1 aromatic heterocycles. The van der Waals surface area contributed by atoms with E-state index in [1.807, 2.05) is 7.05 Å². The lowest BCUT2D eigenvalue weighted by atomic mass is 9.92. The van der Waals surface area contributed by atoms with Crippen LogP contribution in [0.1, 0.15) is 42.3 Å². The van der Waals surface area contributed by atoms with Crippen molar-refractivity contribution < 1.29 is 4.74 Å². The molecule has 0 radical (unpaired) electrons. The fourth-order valence-electron chi connectivity index (χ4n) is 3.69. The van der Waals surface area contributed by atoms with Gasteiger partial charge in [0, 0.05) is 50.6 Å². The Labute approximate surface area is 168 Å². The second kappa shape index (κ2) is 11.6. The van der Waals surface area contributed by atoms with Crippen molar-refractivity contribution in [1.29, 1.82) is 0 Å². The molecular weight excluding hydrogens is 358 g/mol. The fourth-order valence-corrected chi connectivity index (χ4v) is 4.63. The molecule has 0 aromatic carbocycles. The first-order valence-electron chi connectivity index (χ1n) is 10.3. The zero-order chi connectivity index (χ0) is 19.6. The second-order valence-electron chi connectivity index (χ2n) is 7.17. The van der Waals surface area contributed by atoms with Gasteiger partial charge in [0.15, 0.2) is 5.96 Å². The van der Waals surface area contributed by atoms with Crippen LogP contribution in [-0.4, -0.2) is 68.3 Å². The number of hydrogen-bond acceptors (Lipinski definition) is 5. The molecule has 154 valence electrons. The summed E-state index contributed by atoms with van der Waals surface area (Å²) in [5, 5.41) is 8.19. The van der Waals surface area contributed by atoms with E-state index in [0.29, 0.717) is 12.0 Å². The predicted molar refractivity (Wildman–Crippen MR) is 115 cm³/mol. The van der Waals surface area contributed by atoms with Crippen LogP contribution in [-0.2, 0) is 11.2 Å². The molecule has 27 heavy (non-hydrogen) atoms. The second-order valence-corrected chi connectivity index (χ2v) is 8.46. The Morgan fingerprint density at radius 1 is 1.22 bits per heavy atom. The highest BCUT2D eigenvalue weighted by Crippen LogP contribution is 2.19. The molecule has 2 heterocycles. The van der Waals surface area contributed by atoms with E-state index in [2.05, 4.69) is 53.2 Å². The van der Waals surface area contributed by atoms with Gasteiger partial charge in [0.1, 0.15) is 0 Å². The standard InChI is InChI=1S/C20H37N5OS/c1-6-17(7-2)18(25-10-12-26-13-11-25)14-23-20(21-5)22-9-8-19-24-15(3)16(4)27-19/h17-18H,6-14H2,1-5H3,(H2,21,22,23). The third-order valence-electron chi connectivity index (χ3n) is 5.51. The molecule has 7 heteroatoms. The summed E-state index contributed by atoms with van der Waals surface area (Å²) in [6, 6.07) is 0.520. The van der Waals surface area contributed by atoms with E-state index in [-0.39, 0.29) is 0 Å². The minimum absolute atomic E-state index is 0.520. The van der Waals surface area contributed by atoms with Crippen molar-refractivity contribution >= 4 is 17.3 Å². The molecule has 0 amide bonds. The number of aromatic nitrogens is 1. The molecule has 1 unspecified atom stereocenters. The summed E-state index contributed by atoms with van der Waals surface area (Å²) in [5.74, 6) is 1.57. The number of rotatable bonds is 9. The van der Waals surface area contributed by atoms with Crippen molar-refractivity contribution in [2.75, 3.05) is 46.4 Å². The molecule has 2 N–H and O–H groups in total. The summed E-state index contributed by atoms with van der Waals surface area (Å²) in [5.41, 5.74) is 1.15. The molecule has 0 bridgehead atoms. The average Bonchev–Trinajstić information content (AvgIpc) is 3.01. The molecule has 6 nitrogen and oxygen atoms in total. The number of ether oxygens (including phenoxy) is 1. The molecule has 1 aromatic rings. The quantitative estimate of drug-likeness (QED) is 0.497. The molecule has 0 saturated carbocycles. The first-order valence-corrected chi connectivity index (χ1v) is 11.1. The molecule has 0 spiro atoms. The Kier molecular flexibility index (Phi) is 9.51. The lowest BCUT2D eigenvalue weighted by Crippen LogP contribution is -2.53. The first-order chi connectivity index (χ1) is 13.1. The van der Waals surface area contributed by atoms with Crippen LogP contribution in [0.15, 0.2) is 4.99 Å². The third-order valence-corrected chi connectivity index (χ3v) is 6.65. The van der Waals surface area contributed by atoms with Gasteiger partial charge in [0.05, 0.1) is 23.9 Å². The van der Waals surface area contributed by atoms with Crippen LogP contribution < -0.4 is 10.6 Å². The monoisotopic (exact) mass is 395 g/mol. The van der Waals surface area contributed by atoms with Gasteiger partial charge in [-0.3, -0.25) is 9.89 Å². The van der Waals surface area contributed by atoms with Crippen LogP contribution in [0.25, 0.3) is 0 Å². The van der Waals surface area contributed by atoms with Gasteiger partial charge in [0.2, 0.25) is 0 Å². The summed E-state index contributed by atoms with van der Waals surface area (Å²) in [6.07, 6.45) is 3.34. The molecule has 1 fully saturated rings. The first kappa shape index (κ1) is 22.1. The third kappa shape index (κ3) is 6.73. The normalized spacial score (nSPS) is 17.3. The maximum atomic E-state index is 5.55. The van der Waals surface area contributed by atoms with E-state index in [9.17, 15) is 0 Å². The SMILES string of the molecule is CCC(CC)C(CNC(=NC)NCCc1nc(C)c(C)s1)N1CCOCC1. The van der Waals surface area contributed by atoms with Crippen molar-refractivity contribution in [2.24, 2.45) is 10.9 Å². The van der Waals surface area contributed by atoms with Gasteiger partial charge in [-0.1, -0.05) is 26.7 Å². The number of morpholine rings is 1. The zero-order valence-electron chi connectivity index (χ0n) is 17.7. The number of thiazole rings is 1. The summed E-state index contributed by atoms with van der Waals surface area (Å²) in [7, 11) is 1.84. The van der Waals surface area contributed by atoms with Gasteiger partial charge in [-0.05, 0) is 19.8 Å². The lowest BCUT2D eigenvalue weighted by molar-refractivity contribution is 0.00272. The lowest BCUT2D eigenvalue weighted by Gasteiger charge is -2.39. The molecule has 1 aliphatic rings. The minimum atomic E-state index is 0.520. The van der Waals surface area contributed by atoms with Crippen molar-refractivity contribution in [2.45, 2.75) is 53.0 Å². The fraction of sp³-hybridized carbons (Fsp3) is 0.800. The van der Waals surface area contributed by atoms with Crippen molar-refractivity contribution in [3.8, 4) is 0 Å². The van der Waals surface area contributed by atoms with Crippen LogP contribution in [0.3, 0.4) is 0 Å². The molecule has 1 saturated heterocycles. The van der Waals surface area contributed by atoms with Crippen molar-refractivity contribution in [1.82, 2.24) is 20.5 Å². The minimum Gasteiger partial charge on any atom is -0.379 e. The van der Waals surface area contributed by atoms with Gasteiger partial charge in [-0.25, -0.2) is 4.98 Å². The molecule has 1 aliphatic heterocycles. The van der Waals surface area contributed by atoms with Crippen molar-refractivity contribution in [3.05, 3.63) is 15.6 Å². The van der Waals surface area contributed by atoms with E-state index < -0.39 is 0 Å². The number of nitrogens with zero attached hydrogens (tertiary/aromatic N) is 3. The van der Waals surface area contributed by atoms with E-state index in [0.717, 1.165) is 57.5 Å². The van der Waals surface area contributed by atoms with Gasteiger partial charge >= 0.3 is 0 Å². The van der Waals surface area contributed by atoms with Crippen LogP contribution >= 0.6 is 11.3 Å². The van der Waals surface area contributed by atoms with Crippen LogP contribution in [0, 0.1) is 19.8 Å². The van der Waals surface area contributed by atoms with Gasteiger partial charge in [-0.2, -0.15) is 0 Å². The maximum Gasteiger partial charge on any atom is 0.191 e. The van der Waals surface area contributed by atoms with Crippen LogP contribution in [0.2, 0.25) is 0 Å². The zero-order valence-corrected chi connectivity index (χ0v) is 18.5. The van der Waals surface area contributed by atoms with Gasteiger partial charge < -0.3 is 15.4 Å². The maximum absolute atomic E-state index is 5.55. The number of guanidine groups is 1. The highest BCUT2D eigenvalue weighted by molar-refractivity contribution is 7.11. The number of nitrogens with one attached hydrogen (secondary N) is 2. The number of hydrogen-bond donors (Lipinski definition) is 2. The van der Waals surface area contributed by atoms with E-state index >= 15 is 0 Å². The smallest absolute Gasteiger partial charge is 0.191 e.